The van der Waals surface area contributed by atoms with E-state index in [1.165, 1.54) is 5.56 Å². The maximum absolute atomic E-state index is 9.21. The zero-order valence-corrected chi connectivity index (χ0v) is 18.9. The highest BCUT2D eigenvalue weighted by Crippen LogP contribution is 2.25. The van der Waals surface area contributed by atoms with Crippen molar-refractivity contribution in [3.05, 3.63) is 36.2 Å². The minimum atomic E-state index is 0.110. The molecule has 0 spiro atoms. The van der Waals surface area contributed by atoms with Gasteiger partial charge in [-0.1, -0.05) is 12.1 Å². The van der Waals surface area contributed by atoms with E-state index < -0.39 is 0 Å². The minimum Gasteiger partial charge on any atom is -0.396 e. The highest BCUT2D eigenvalue weighted by Gasteiger charge is 2.14. The molecule has 4 N–H and O–H groups in total. The van der Waals surface area contributed by atoms with Crippen LogP contribution in [-0.4, -0.2) is 80.7 Å². The van der Waals surface area contributed by atoms with Crippen LogP contribution in [0, 0.1) is 0 Å². The van der Waals surface area contributed by atoms with E-state index in [2.05, 4.69) is 54.8 Å². The molecular formula is C23H33N7O3. The Bertz CT molecular complexity index is 1000. The zero-order valence-electron chi connectivity index (χ0n) is 18.9. The van der Waals surface area contributed by atoms with Gasteiger partial charge in [0.25, 0.3) is 0 Å². The first-order valence-electron chi connectivity index (χ1n) is 11.6. The lowest BCUT2D eigenvalue weighted by molar-refractivity contribution is 0.0342. The van der Waals surface area contributed by atoms with Gasteiger partial charge in [0.1, 0.15) is 0 Å². The maximum Gasteiger partial charge on any atom is 0.226 e. The number of ether oxygens (including phenoxy) is 1. The van der Waals surface area contributed by atoms with Gasteiger partial charge in [0.05, 0.1) is 19.5 Å². The van der Waals surface area contributed by atoms with E-state index >= 15 is 0 Å². The van der Waals surface area contributed by atoms with Crippen molar-refractivity contribution < 1.29 is 14.9 Å². The Balaban J connectivity index is 1.51. The number of aliphatic hydroxyl groups is 2. The lowest BCUT2D eigenvalue weighted by Gasteiger charge is -2.26. The molecule has 1 aliphatic heterocycles. The molecule has 178 valence electrons. The number of benzene rings is 1. The molecule has 3 aromatic rings. The Labute approximate surface area is 193 Å². The minimum absolute atomic E-state index is 0.110. The van der Waals surface area contributed by atoms with Gasteiger partial charge in [-0.05, 0) is 37.0 Å². The molecule has 0 saturated carbocycles. The Morgan fingerprint density at radius 3 is 2.52 bits per heavy atom. The van der Waals surface area contributed by atoms with Crippen LogP contribution in [-0.2, 0) is 17.8 Å². The second-order valence-corrected chi connectivity index (χ2v) is 8.15. The molecule has 0 bridgehead atoms. The summed E-state index contributed by atoms with van der Waals surface area (Å²) in [6, 6.07) is 8.37. The van der Waals surface area contributed by atoms with E-state index in [9.17, 15) is 5.11 Å². The van der Waals surface area contributed by atoms with E-state index in [4.69, 9.17) is 9.84 Å². The summed E-state index contributed by atoms with van der Waals surface area (Å²) in [5.74, 6) is 1.14. The fourth-order valence-electron chi connectivity index (χ4n) is 3.80. The van der Waals surface area contributed by atoms with Crippen LogP contribution < -0.4 is 10.6 Å². The zero-order chi connectivity index (χ0) is 22.9. The SMILES string of the molecule is OCCCCNc1nc(Nc2ccc(CN3CCOCC3)cc2)c2ncn(CCCO)c2n1. The van der Waals surface area contributed by atoms with Crippen LogP contribution in [0.4, 0.5) is 17.5 Å². The molecule has 3 heterocycles. The summed E-state index contributed by atoms with van der Waals surface area (Å²) in [6.45, 7) is 6.02. The van der Waals surface area contributed by atoms with Gasteiger partial charge in [-0.25, -0.2) is 4.98 Å². The highest BCUT2D eigenvalue weighted by atomic mass is 16.5. The fourth-order valence-corrected chi connectivity index (χ4v) is 3.80. The number of aryl methyl sites for hydroxylation is 1. The van der Waals surface area contributed by atoms with Gasteiger partial charge in [0, 0.05) is 51.6 Å². The molecule has 1 saturated heterocycles. The van der Waals surface area contributed by atoms with Gasteiger partial charge >= 0.3 is 0 Å². The third kappa shape index (κ3) is 6.38. The number of hydrogen-bond donors (Lipinski definition) is 4. The first-order chi connectivity index (χ1) is 16.3. The van der Waals surface area contributed by atoms with Crippen LogP contribution in [0.25, 0.3) is 11.2 Å². The first-order valence-corrected chi connectivity index (χ1v) is 11.6. The van der Waals surface area contributed by atoms with Crippen molar-refractivity contribution >= 4 is 28.6 Å². The molecule has 10 nitrogen and oxygen atoms in total. The molecule has 1 fully saturated rings. The Morgan fingerprint density at radius 2 is 1.76 bits per heavy atom. The largest absolute Gasteiger partial charge is 0.396 e. The monoisotopic (exact) mass is 455 g/mol. The van der Waals surface area contributed by atoms with E-state index in [-0.39, 0.29) is 13.2 Å². The number of nitrogens with one attached hydrogen (secondary N) is 2. The molecule has 1 aliphatic rings. The maximum atomic E-state index is 9.21. The average Bonchev–Trinajstić information content (AvgIpc) is 3.25. The second-order valence-electron chi connectivity index (χ2n) is 8.15. The molecule has 33 heavy (non-hydrogen) atoms. The summed E-state index contributed by atoms with van der Waals surface area (Å²) >= 11 is 0. The number of unbranched alkanes of at least 4 members (excludes halogenated alkanes) is 1. The number of fused-ring (bicyclic) bond motifs is 1. The van der Waals surface area contributed by atoms with Crippen molar-refractivity contribution in [2.45, 2.75) is 32.4 Å². The molecule has 10 heteroatoms. The van der Waals surface area contributed by atoms with Gasteiger partial charge in [-0.15, -0.1) is 0 Å². The van der Waals surface area contributed by atoms with Crippen LogP contribution >= 0.6 is 0 Å². The smallest absolute Gasteiger partial charge is 0.226 e. The molecular weight excluding hydrogens is 422 g/mol. The van der Waals surface area contributed by atoms with E-state index in [1.807, 2.05) is 4.57 Å². The van der Waals surface area contributed by atoms with Crippen molar-refractivity contribution in [2.24, 2.45) is 0 Å². The Morgan fingerprint density at radius 1 is 0.970 bits per heavy atom. The number of anilines is 3. The molecule has 1 aromatic carbocycles. The fraction of sp³-hybridized carbons (Fsp3) is 0.522. The summed E-state index contributed by atoms with van der Waals surface area (Å²) in [6.07, 6.45) is 3.92. The van der Waals surface area contributed by atoms with Crippen LogP contribution in [0.3, 0.4) is 0 Å². The number of imidazole rings is 1. The van der Waals surface area contributed by atoms with E-state index in [0.29, 0.717) is 36.8 Å². The van der Waals surface area contributed by atoms with Gasteiger partial charge in [0.2, 0.25) is 5.95 Å². The summed E-state index contributed by atoms with van der Waals surface area (Å²) in [5.41, 5.74) is 3.59. The average molecular weight is 456 g/mol. The number of rotatable bonds is 12. The van der Waals surface area contributed by atoms with Crippen LogP contribution in [0.1, 0.15) is 24.8 Å². The summed E-state index contributed by atoms with van der Waals surface area (Å²) in [5, 5.41) is 24.9. The number of aliphatic hydroxyl groups excluding tert-OH is 2. The lowest BCUT2D eigenvalue weighted by Crippen LogP contribution is -2.35. The lowest BCUT2D eigenvalue weighted by atomic mass is 10.2. The van der Waals surface area contributed by atoms with Gasteiger partial charge in [-0.2, -0.15) is 9.97 Å². The highest BCUT2D eigenvalue weighted by molar-refractivity contribution is 5.86. The quantitative estimate of drug-likeness (QED) is 0.304. The second kappa shape index (κ2) is 11.9. The van der Waals surface area contributed by atoms with Gasteiger partial charge in [0.15, 0.2) is 17.0 Å². The van der Waals surface area contributed by atoms with Crippen LogP contribution in [0.2, 0.25) is 0 Å². The first kappa shape index (κ1) is 23.4. The number of aromatic nitrogens is 4. The van der Waals surface area contributed by atoms with Crippen molar-refractivity contribution in [2.75, 3.05) is 56.7 Å². The van der Waals surface area contributed by atoms with Crippen molar-refractivity contribution in [3.63, 3.8) is 0 Å². The normalized spacial score (nSPS) is 14.6. The Hall–Kier alpha value is -2.79. The molecule has 4 rings (SSSR count). The topological polar surface area (TPSA) is 121 Å². The Kier molecular flexibility index (Phi) is 8.42. The van der Waals surface area contributed by atoms with Gasteiger partial charge < -0.3 is 30.2 Å². The predicted octanol–water partition coefficient (Wildman–Crippen LogP) is 1.97. The molecule has 2 aromatic heterocycles. The van der Waals surface area contributed by atoms with E-state index in [1.54, 1.807) is 6.33 Å². The van der Waals surface area contributed by atoms with Gasteiger partial charge in [-0.3, -0.25) is 4.90 Å². The molecule has 0 atom stereocenters. The van der Waals surface area contributed by atoms with Crippen molar-refractivity contribution in [3.8, 4) is 0 Å². The molecule has 0 unspecified atom stereocenters. The number of nitrogens with zero attached hydrogens (tertiary/aromatic N) is 5. The van der Waals surface area contributed by atoms with Crippen LogP contribution in [0.5, 0.6) is 0 Å². The van der Waals surface area contributed by atoms with Crippen molar-refractivity contribution in [1.29, 1.82) is 0 Å². The third-order valence-corrected chi connectivity index (χ3v) is 5.62. The molecule has 0 aliphatic carbocycles. The number of hydrogen-bond acceptors (Lipinski definition) is 9. The summed E-state index contributed by atoms with van der Waals surface area (Å²) < 4.78 is 7.36. The standard InChI is InChI=1S/C23H33N7O3/c31-12-2-1-8-24-23-27-21(20-22(28-23)30(17-25-20)9-3-13-32)26-19-6-4-18(5-7-19)16-29-10-14-33-15-11-29/h4-7,17,31-32H,1-3,8-16H2,(H2,24,26,27,28). The third-order valence-electron chi connectivity index (χ3n) is 5.62. The van der Waals surface area contributed by atoms with Crippen molar-refractivity contribution in [1.82, 2.24) is 24.4 Å². The predicted molar refractivity (Wildman–Crippen MR) is 128 cm³/mol. The molecule has 0 radical (unpaired) electrons. The summed E-state index contributed by atoms with van der Waals surface area (Å²) in [4.78, 5) is 16.2. The van der Waals surface area contributed by atoms with Crippen LogP contribution in [0.15, 0.2) is 30.6 Å². The number of morpholine rings is 1. The summed E-state index contributed by atoms with van der Waals surface area (Å²) in [7, 11) is 0. The molecule has 0 amide bonds. The van der Waals surface area contributed by atoms with E-state index in [0.717, 1.165) is 57.0 Å².